The molecule has 4 N–H and O–H groups in total. The van der Waals surface area contributed by atoms with Crippen molar-refractivity contribution in [3.8, 4) is 0 Å². The number of para-hydroxylation sites is 1. The smallest absolute Gasteiger partial charge is 0.255 e. The minimum absolute atomic E-state index is 0.126. The van der Waals surface area contributed by atoms with Crippen molar-refractivity contribution >= 4 is 17.5 Å². The summed E-state index contributed by atoms with van der Waals surface area (Å²) < 4.78 is 0. The number of primary amides is 1. The Labute approximate surface area is 106 Å². The van der Waals surface area contributed by atoms with Gasteiger partial charge in [-0.1, -0.05) is 12.1 Å². The van der Waals surface area contributed by atoms with E-state index in [-0.39, 0.29) is 17.7 Å². The third-order valence-electron chi connectivity index (χ3n) is 3.30. The first kappa shape index (κ1) is 12.4. The SMILES string of the molecule is NC(=O)[C@@H]1CCCN(C(=O)c2ccccc2N)C1. The molecule has 1 aromatic carbocycles. The van der Waals surface area contributed by atoms with Crippen LogP contribution in [0.3, 0.4) is 0 Å². The Bertz CT molecular complexity index is 473. The lowest BCUT2D eigenvalue weighted by atomic mass is 9.96. The van der Waals surface area contributed by atoms with Gasteiger partial charge in [0.15, 0.2) is 0 Å². The van der Waals surface area contributed by atoms with E-state index in [9.17, 15) is 9.59 Å². The van der Waals surface area contributed by atoms with E-state index in [1.165, 1.54) is 0 Å². The zero-order chi connectivity index (χ0) is 13.1. The predicted molar refractivity (Wildman–Crippen MR) is 68.7 cm³/mol. The van der Waals surface area contributed by atoms with Gasteiger partial charge >= 0.3 is 0 Å². The fourth-order valence-corrected chi connectivity index (χ4v) is 2.26. The maximum Gasteiger partial charge on any atom is 0.255 e. The highest BCUT2D eigenvalue weighted by atomic mass is 16.2. The number of rotatable bonds is 2. The van der Waals surface area contributed by atoms with Gasteiger partial charge in [0.05, 0.1) is 11.5 Å². The first-order chi connectivity index (χ1) is 8.59. The minimum atomic E-state index is -0.339. The number of nitrogens with zero attached hydrogens (tertiary/aromatic N) is 1. The van der Waals surface area contributed by atoms with Gasteiger partial charge in [-0.05, 0) is 25.0 Å². The normalized spacial score (nSPS) is 19.6. The Kier molecular flexibility index (Phi) is 3.50. The Balaban J connectivity index is 2.14. The Morgan fingerprint density at radius 2 is 2.00 bits per heavy atom. The molecule has 2 rings (SSSR count). The molecule has 96 valence electrons. The number of nitrogens with two attached hydrogens (primary N) is 2. The molecule has 2 amide bonds. The Morgan fingerprint density at radius 1 is 1.28 bits per heavy atom. The third-order valence-corrected chi connectivity index (χ3v) is 3.30. The number of anilines is 1. The average Bonchev–Trinajstić information content (AvgIpc) is 2.38. The van der Waals surface area contributed by atoms with Crippen LogP contribution in [-0.2, 0) is 4.79 Å². The molecule has 0 spiro atoms. The molecule has 0 bridgehead atoms. The van der Waals surface area contributed by atoms with Crippen LogP contribution in [0, 0.1) is 5.92 Å². The van der Waals surface area contributed by atoms with Gasteiger partial charge in [0.1, 0.15) is 0 Å². The maximum absolute atomic E-state index is 12.3. The molecule has 1 fully saturated rings. The van der Waals surface area contributed by atoms with Crippen molar-refractivity contribution in [2.24, 2.45) is 11.7 Å². The molecule has 1 aliphatic rings. The zero-order valence-corrected chi connectivity index (χ0v) is 10.1. The summed E-state index contributed by atoms with van der Waals surface area (Å²) >= 11 is 0. The van der Waals surface area contributed by atoms with Gasteiger partial charge in [0.25, 0.3) is 5.91 Å². The molecular weight excluding hydrogens is 230 g/mol. The summed E-state index contributed by atoms with van der Waals surface area (Å²) in [5, 5.41) is 0. The largest absolute Gasteiger partial charge is 0.398 e. The van der Waals surface area contributed by atoms with Crippen LogP contribution in [0.4, 0.5) is 5.69 Å². The number of hydrogen-bond donors (Lipinski definition) is 2. The van der Waals surface area contributed by atoms with Crippen LogP contribution in [0.5, 0.6) is 0 Å². The van der Waals surface area contributed by atoms with Crippen molar-refractivity contribution in [1.82, 2.24) is 4.90 Å². The van der Waals surface area contributed by atoms with Gasteiger partial charge in [0.2, 0.25) is 5.91 Å². The predicted octanol–water partition coefficient (Wildman–Crippen LogP) is 0.606. The second kappa shape index (κ2) is 5.08. The van der Waals surface area contributed by atoms with E-state index < -0.39 is 0 Å². The van der Waals surface area contributed by atoms with Crippen LogP contribution in [-0.4, -0.2) is 29.8 Å². The summed E-state index contributed by atoms with van der Waals surface area (Å²) in [5.41, 5.74) is 12.0. The lowest BCUT2D eigenvalue weighted by Crippen LogP contribution is -2.44. The molecule has 1 saturated heterocycles. The third kappa shape index (κ3) is 2.45. The van der Waals surface area contributed by atoms with E-state index in [0.717, 1.165) is 12.8 Å². The van der Waals surface area contributed by atoms with Crippen LogP contribution >= 0.6 is 0 Å². The maximum atomic E-state index is 12.3. The van der Waals surface area contributed by atoms with Gasteiger partial charge in [-0.2, -0.15) is 0 Å². The summed E-state index contributed by atoms with van der Waals surface area (Å²) in [6.45, 7) is 1.04. The monoisotopic (exact) mass is 247 g/mol. The average molecular weight is 247 g/mol. The fourth-order valence-electron chi connectivity index (χ4n) is 2.26. The number of amides is 2. The number of likely N-dealkylation sites (tertiary alicyclic amines) is 1. The summed E-state index contributed by atoms with van der Waals surface area (Å²) in [5.74, 6) is -0.708. The van der Waals surface area contributed by atoms with Crippen LogP contribution in [0.1, 0.15) is 23.2 Å². The van der Waals surface area contributed by atoms with E-state index in [1.54, 1.807) is 29.2 Å². The molecule has 0 aliphatic carbocycles. The van der Waals surface area contributed by atoms with Crippen LogP contribution in [0.2, 0.25) is 0 Å². The second-order valence-electron chi connectivity index (χ2n) is 4.58. The number of nitrogen functional groups attached to an aromatic ring is 1. The zero-order valence-electron chi connectivity index (χ0n) is 10.1. The molecule has 5 heteroatoms. The first-order valence-corrected chi connectivity index (χ1v) is 6.02. The van der Waals surface area contributed by atoms with Gasteiger partial charge < -0.3 is 16.4 Å². The van der Waals surface area contributed by atoms with E-state index in [0.29, 0.717) is 24.3 Å². The summed E-state index contributed by atoms with van der Waals surface area (Å²) in [6.07, 6.45) is 1.55. The lowest BCUT2D eigenvalue weighted by Gasteiger charge is -2.31. The highest BCUT2D eigenvalue weighted by molar-refractivity contribution is 5.99. The van der Waals surface area contributed by atoms with Crippen LogP contribution in [0.25, 0.3) is 0 Å². The highest BCUT2D eigenvalue weighted by Gasteiger charge is 2.28. The number of hydrogen-bond acceptors (Lipinski definition) is 3. The van der Waals surface area contributed by atoms with Gasteiger partial charge in [-0.15, -0.1) is 0 Å². The number of piperidine rings is 1. The van der Waals surface area contributed by atoms with Crippen molar-refractivity contribution < 1.29 is 9.59 Å². The van der Waals surface area contributed by atoms with E-state index in [1.807, 2.05) is 0 Å². The molecule has 0 aromatic heterocycles. The van der Waals surface area contributed by atoms with Crippen molar-refractivity contribution in [1.29, 1.82) is 0 Å². The molecular formula is C13H17N3O2. The number of benzene rings is 1. The quantitative estimate of drug-likeness (QED) is 0.750. The minimum Gasteiger partial charge on any atom is -0.398 e. The van der Waals surface area contributed by atoms with E-state index in [4.69, 9.17) is 11.5 Å². The van der Waals surface area contributed by atoms with Crippen molar-refractivity contribution in [3.63, 3.8) is 0 Å². The van der Waals surface area contributed by atoms with Crippen molar-refractivity contribution in [3.05, 3.63) is 29.8 Å². The fraction of sp³-hybridized carbons (Fsp3) is 0.385. The summed E-state index contributed by atoms with van der Waals surface area (Å²) in [7, 11) is 0. The molecule has 1 atom stereocenters. The molecule has 18 heavy (non-hydrogen) atoms. The molecule has 1 aliphatic heterocycles. The summed E-state index contributed by atoms with van der Waals surface area (Å²) in [6, 6.07) is 6.96. The molecule has 0 radical (unpaired) electrons. The Morgan fingerprint density at radius 3 is 2.67 bits per heavy atom. The molecule has 1 aromatic rings. The number of carbonyl (C=O) groups is 2. The second-order valence-corrected chi connectivity index (χ2v) is 4.58. The first-order valence-electron chi connectivity index (χ1n) is 6.02. The number of carbonyl (C=O) groups excluding carboxylic acids is 2. The lowest BCUT2D eigenvalue weighted by molar-refractivity contribution is -0.123. The molecule has 0 unspecified atom stereocenters. The van der Waals surface area contributed by atoms with Gasteiger partial charge in [0, 0.05) is 18.8 Å². The summed E-state index contributed by atoms with van der Waals surface area (Å²) in [4.78, 5) is 25.1. The van der Waals surface area contributed by atoms with Crippen LogP contribution < -0.4 is 11.5 Å². The van der Waals surface area contributed by atoms with Crippen LogP contribution in [0.15, 0.2) is 24.3 Å². The van der Waals surface area contributed by atoms with E-state index in [2.05, 4.69) is 0 Å². The molecule has 5 nitrogen and oxygen atoms in total. The van der Waals surface area contributed by atoms with Gasteiger partial charge in [-0.25, -0.2) is 0 Å². The molecule has 0 saturated carbocycles. The molecule has 1 heterocycles. The van der Waals surface area contributed by atoms with Crippen molar-refractivity contribution in [2.75, 3.05) is 18.8 Å². The van der Waals surface area contributed by atoms with E-state index >= 15 is 0 Å². The topological polar surface area (TPSA) is 89.4 Å². The Hall–Kier alpha value is -2.04. The van der Waals surface area contributed by atoms with Gasteiger partial charge in [-0.3, -0.25) is 9.59 Å². The van der Waals surface area contributed by atoms with Crippen molar-refractivity contribution in [2.45, 2.75) is 12.8 Å². The highest BCUT2D eigenvalue weighted by Crippen LogP contribution is 2.20. The standard InChI is InChI=1S/C13H17N3O2/c14-11-6-2-1-5-10(11)13(18)16-7-3-4-9(8-16)12(15)17/h1-2,5-6,9H,3-4,7-8,14H2,(H2,15,17)/t9-/m1/s1.